The van der Waals surface area contributed by atoms with Gasteiger partial charge in [-0.2, -0.15) is 0 Å². The van der Waals surface area contributed by atoms with E-state index in [4.69, 9.17) is 14.7 Å². The van der Waals surface area contributed by atoms with Crippen LogP contribution in [-0.4, -0.2) is 43.8 Å². The molecule has 2 N–H and O–H groups in total. The number of carboxylic acid groups (broad SMARTS) is 2. The third-order valence-electron chi connectivity index (χ3n) is 8.75. The zero-order valence-electron chi connectivity index (χ0n) is 24.7. The summed E-state index contributed by atoms with van der Waals surface area (Å²) >= 11 is 0. The highest BCUT2D eigenvalue weighted by Gasteiger charge is 2.23. The molecule has 1 saturated carbocycles. The first-order valence-electron chi connectivity index (χ1n) is 15.1. The van der Waals surface area contributed by atoms with Crippen LogP contribution in [0.5, 0.6) is 5.75 Å². The van der Waals surface area contributed by atoms with Crippen molar-refractivity contribution in [3.8, 4) is 39.5 Å². The van der Waals surface area contributed by atoms with E-state index in [1.54, 1.807) is 37.4 Å². The van der Waals surface area contributed by atoms with Gasteiger partial charge in [0, 0.05) is 22.6 Å². The molecule has 4 aromatic carbocycles. The first-order valence-corrected chi connectivity index (χ1v) is 15.1. The topological polar surface area (TPSA) is 115 Å². The number of hydrogen-bond acceptors (Lipinski definition) is 5. The Morgan fingerprint density at radius 2 is 1.53 bits per heavy atom. The third kappa shape index (κ3) is 5.29. The highest BCUT2D eigenvalue weighted by Crippen LogP contribution is 2.38. The summed E-state index contributed by atoms with van der Waals surface area (Å²) in [5, 5.41) is 20.1. The van der Waals surface area contributed by atoms with E-state index in [1.165, 1.54) is 6.42 Å². The molecule has 8 heteroatoms. The number of aromatic nitrogens is 3. The zero-order chi connectivity index (χ0) is 31.1. The number of ether oxygens (including phenoxy) is 1. The van der Waals surface area contributed by atoms with Crippen molar-refractivity contribution in [2.75, 3.05) is 7.11 Å². The Bertz CT molecular complexity index is 2110. The number of carboxylic acids is 2. The second-order valence-corrected chi connectivity index (χ2v) is 11.5. The molecular formula is C37H31N3O5. The fourth-order valence-corrected chi connectivity index (χ4v) is 6.49. The maximum Gasteiger partial charge on any atom is 0.335 e. The molecule has 0 unspecified atom stereocenters. The molecule has 2 heterocycles. The lowest BCUT2D eigenvalue weighted by atomic mass is 9.94. The first kappa shape index (κ1) is 28.3. The number of hydrogen-bond donors (Lipinski definition) is 2. The number of nitrogens with zero attached hydrogens (tertiary/aromatic N) is 3. The van der Waals surface area contributed by atoms with E-state index < -0.39 is 11.9 Å². The van der Waals surface area contributed by atoms with Gasteiger partial charge in [-0.25, -0.2) is 19.6 Å². The van der Waals surface area contributed by atoms with E-state index in [1.807, 2.05) is 54.6 Å². The van der Waals surface area contributed by atoms with Crippen LogP contribution in [0.1, 0.15) is 58.9 Å². The Morgan fingerprint density at radius 1 is 0.733 bits per heavy atom. The maximum atomic E-state index is 11.7. The Balaban J connectivity index is 1.33. The van der Waals surface area contributed by atoms with Gasteiger partial charge in [0.2, 0.25) is 0 Å². The van der Waals surface area contributed by atoms with Gasteiger partial charge >= 0.3 is 11.9 Å². The maximum absolute atomic E-state index is 11.7. The lowest BCUT2D eigenvalue weighted by Gasteiger charge is -2.25. The van der Waals surface area contributed by atoms with E-state index in [-0.39, 0.29) is 11.1 Å². The minimum atomic E-state index is -0.981. The van der Waals surface area contributed by atoms with E-state index >= 15 is 0 Å². The van der Waals surface area contributed by atoms with E-state index in [0.717, 1.165) is 75.9 Å². The summed E-state index contributed by atoms with van der Waals surface area (Å²) in [6.07, 6.45) is 5.68. The van der Waals surface area contributed by atoms with Crippen molar-refractivity contribution in [2.45, 2.75) is 38.1 Å². The highest BCUT2D eigenvalue weighted by molar-refractivity contribution is 5.95. The molecular weight excluding hydrogens is 566 g/mol. The van der Waals surface area contributed by atoms with Gasteiger partial charge in [0.05, 0.1) is 40.5 Å². The summed E-state index contributed by atoms with van der Waals surface area (Å²) in [5.41, 5.74) is 7.02. The largest absolute Gasteiger partial charge is 0.497 e. The van der Waals surface area contributed by atoms with E-state index in [9.17, 15) is 19.8 Å². The molecule has 1 fully saturated rings. The number of pyridine rings is 1. The van der Waals surface area contributed by atoms with Crippen molar-refractivity contribution in [3.05, 3.63) is 102 Å². The van der Waals surface area contributed by atoms with Gasteiger partial charge in [-0.05, 0) is 90.7 Å². The molecule has 2 aromatic heterocycles. The van der Waals surface area contributed by atoms with Gasteiger partial charge in [-0.3, -0.25) is 0 Å². The average molecular weight is 598 g/mol. The van der Waals surface area contributed by atoms with Gasteiger partial charge < -0.3 is 19.5 Å². The van der Waals surface area contributed by atoms with Crippen LogP contribution in [0.2, 0.25) is 0 Å². The van der Waals surface area contributed by atoms with Crippen LogP contribution in [-0.2, 0) is 0 Å². The normalized spacial score (nSPS) is 13.7. The molecule has 7 rings (SSSR count). The lowest BCUT2D eigenvalue weighted by Crippen LogP contribution is -2.14. The fourth-order valence-electron chi connectivity index (χ4n) is 6.49. The first-order chi connectivity index (χ1) is 21.9. The van der Waals surface area contributed by atoms with Crippen molar-refractivity contribution < 1.29 is 24.5 Å². The van der Waals surface area contributed by atoms with Crippen LogP contribution >= 0.6 is 0 Å². The minimum absolute atomic E-state index is 0.215. The Labute approximate surface area is 259 Å². The molecule has 8 nitrogen and oxygen atoms in total. The Kier molecular flexibility index (Phi) is 7.25. The number of aromatic carboxylic acids is 2. The zero-order valence-corrected chi connectivity index (χ0v) is 24.7. The molecule has 0 radical (unpaired) electrons. The van der Waals surface area contributed by atoms with Crippen molar-refractivity contribution in [1.29, 1.82) is 0 Å². The molecule has 6 aromatic rings. The quantitative estimate of drug-likeness (QED) is 0.190. The van der Waals surface area contributed by atoms with Crippen LogP contribution in [0.15, 0.2) is 91.0 Å². The second kappa shape index (κ2) is 11.5. The lowest BCUT2D eigenvalue weighted by molar-refractivity contribution is 0.0686. The smallest absolute Gasteiger partial charge is 0.335 e. The average Bonchev–Trinajstić information content (AvgIpc) is 3.47. The number of fused-ring (bicyclic) bond motifs is 2. The molecule has 0 amide bonds. The van der Waals surface area contributed by atoms with Crippen molar-refractivity contribution in [3.63, 3.8) is 0 Å². The van der Waals surface area contributed by atoms with E-state index in [0.29, 0.717) is 17.3 Å². The number of methoxy groups -OCH3 is 1. The van der Waals surface area contributed by atoms with Gasteiger partial charge in [0.1, 0.15) is 11.6 Å². The number of rotatable bonds is 7. The summed E-state index contributed by atoms with van der Waals surface area (Å²) in [7, 11) is 1.61. The van der Waals surface area contributed by atoms with E-state index in [2.05, 4.69) is 10.6 Å². The van der Waals surface area contributed by atoms with Gasteiger partial charge in [0.15, 0.2) is 0 Å². The standard InChI is InChI=1S/C37H31N3O5/c1-45-28-13-14-29(22-6-5-7-25(18-22)36(41)42)30(21-28)32-16-10-23-19-24(11-15-31(23)38-32)35-39-33-20-26(37(43)44)12-17-34(33)40(35)27-8-3-2-4-9-27/h5-7,10-21,27H,2-4,8-9H2,1H3,(H,41,42)(H,43,44). The summed E-state index contributed by atoms with van der Waals surface area (Å²) in [6, 6.07) is 28.2. The summed E-state index contributed by atoms with van der Waals surface area (Å²) in [5.74, 6) is -0.440. The molecule has 1 aliphatic rings. The minimum Gasteiger partial charge on any atom is -0.497 e. The van der Waals surface area contributed by atoms with Crippen molar-refractivity contribution >= 4 is 33.9 Å². The van der Waals surface area contributed by atoms with Gasteiger partial charge in [0.25, 0.3) is 0 Å². The molecule has 0 spiro atoms. The van der Waals surface area contributed by atoms with Crippen LogP contribution in [0, 0.1) is 0 Å². The molecule has 224 valence electrons. The Morgan fingerprint density at radius 3 is 2.31 bits per heavy atom. The molecule has 45 heavy (non-hydrogen) atoms. The summed E-state index contributed by atoms with van der Waals surface area (Å²) < 4.78 is 7.83. The van der Waals surface area contributed by atoms with Crippen molar-refractivity contribution in [2.24, 2.45) is 0 Å². The number of benzene rings is 4. The number of carbonyl (C=O) groups is 2. The third-order valence-corrected chi connectivity index (χ3v) is 8.75. The van der Waals surface area contributed by atoms with Crippen molar-refractivity contribution in [1.82, 2.24) is 14.5 Å². The fraction of sp³-hybridized carbons (Fsp3) is 0.189. The highest BCUT2D eigenvalue weighted by atomic mass is 16.5. The number of imidazole rings is 1. The second-order valence-electron chi connectivity index (χ2n) is 11.5. The molecule has 0 saturated heterocycles. The predicted molar refractivity (Wildman–Crippen MR) is 174 cm³/mol. The van der Waals surface area contributed by atoms with Crippen LogP contribution in [0.3, 0.4) is 0 Å². The molecule has 0 bridgehead atoms. The summed E-state index contributed by atoms with van der Waals surface area (Å²) in [6.45, 7) is 0. The van der Waals surface area contributed by atoms with Crippen LogP contribution in [0.4, 0.5) is 0 Å². The Hall–Kier alpha value is -5.50. The molecule has 0 aliphatic heterocycles. The monoisotopic (exact) mass is 597 g/mol. The van der Waals surface area contributed by atoms with Crippen LogP contribution < -0.4 is 4.74 Å². The predicted octanol–water partition coefficient (Wildman–Crippen LogP) is 8.50. The van der Waals surface area contributed by atoms with Gasteiger partial charge in [-0.15, -0.1) is 0 Å². The molecule has 0 atom stereocenters. The van der Waals surface area contributed by atoms with Gasteiger partial charge in [-0.1, -0.05) is 43.5 Å². The molecule has 1 aliphatic carbocycles. The van der Waals surface area contributed by atoms with Crippen LogP contribution in [0.25, 0.3) is 55.7 Å². The SMILES string of the molecule is COc1ccc(-c2cccc(C(=O)O)c2)c(-c2ccc3cc(-c4nc5cc(C(=O)O)ccc5n4C4CCCCC4)ccc3n2)c1. The summed E-state index contributed by atoms with van der Waals surface area (Å²) in [4.78, 5) is 33.4.